The van der Waals surface area contributed by atoms with E-state index in [1.54, 1.807) is 7.05 Å². The highest BCUT2D eigenvalue weighted by molar-refractivity contribution is 5.85. The molecule has 4 heteroatoms. The molecule has 1 amide bonds. The number of amides is 1. The Morgan fingerprint density at radius 1 is 1.29 bits per heavy atom. The lowest BCUT2D eigenvalue weighted by molar-refractivity contribution is -0.120. The van der Waals surface area contributed by atoms with Crippen LogP contribution < -0.4 is 10.6 Å². The highest BCUT2D eigenvalue weighted by Crippen LogP contribution is 2.17. The number of carbonyl (C=O) groups is 1. The summed E-state index contributed by atoms with van der Waals surface area (Å²) < 4.78 is 0. The molecular weight excluding hydrogens is 236 g/mol. The minimum atomic E-state index is 0. The van der Waals surface area contributed by atoms with Crippen LogP contribution in [0.4, 0.5) is 0 Å². The molecule has 2 N–H and O–H groups in total. The lowest BCUT2D eigenvalue weighted by Crippen LogP contribution is -2.35. The van der Waals surface area contributed by atoms with E-state index in [0.717, 1.165) is 12.8 Å². The SMILES string of the molecule is CCCC(NC(=O)CNC)c1ccccc1.Cl. The lowest BCUT2D eigenvalue weighted by atomic mass is 10.0. The second-order valence-electron chi connectivity index (χ2n) is 3.85. The van der Waals surface area contributed by atoms with Gasteiger partial charge in [-0.15, -0.1) is 12.4 Å². The van der Waals surface area contributed by atoms with Gasteiger partial charge in [0.05, 0.1) is 12.6 Å². The fourth-order valence-corrected chi connectivity index (χ4v) is 1.70. The van der Waals surface area contributed by atoms with E-state index in [1.807, 2.05) is 18.2 Å². The standard InChI is InChI=1S/C13H20N2O.ClH/c1-3-7-12(15-13(16)10-14-2)11-8-5-4-6-9-11;/h4-6,8-9,12,14H,3,7,10H2,1-2H3,(H,15,16);1H. The molecule has 17 heavy (non-hydrogen) atoms. The molecule has 1 aromatic carbocycles. The number of nitrogens with one attached hydrogen (secondary N) is 2. The first-order valence-corrected chi connectivity index (χ1v) is 5.76. The van der Waals surface area contributed by atoms with Crippen molar-refractivity contribution in [3.63, 3.8) is 0 Å². The first-order chi connectivity index (χ1) is 7.77. The topological polar surface area (TPSA) is 41.1 Å². The average Bonchev–Trinajstić information content (AvgIpc) is 2.30. The normalized spacial score (nSPS) is 11.4. The van der Waals surface area contributed by atoms with Gasteiger partial charge in [-0.05, 0) is 19.0 Å². The molecule has 0 aliphatic carbocycles. The smallest absolute Gasteiger partial charge is 0.234 e. The van der Waals surface area contributed by atoms with Crippen LogP contribution in [0.3, 0.4) is 0 Å². The zero-order valence-corrected chi connectivity index (χ0v) is 11.2. The van der Waals surface area contributed by atoms with Gasteiger partial charge in [0.1, 0.15) is 0 Å². The molecule has 1 rings (SSSR count). The summed E-state index contributed by atoms with van der Waals surface area (Å²) in [4.78, 5) is 11.5. The molecular formula is C13H21ClN2O. The van der Waals surface area contributed by atoms with Gasteiger partial charge in [0.25, 0.3) is 0 Å². The Morgan fingerprint density at radius 2 is 1.94 bits per heavy atom. The number of likely N-dealkylation sites (N-methyl/N-ethyl adjacent to an activating group) is 1. The van der Waals surface area contributed by atoms with Crippen LogP contribution in [0.25, 0.3) is 0 Å². The maximum atomic E-state index is 11.5. The molecule has 3 nitrogen and oxygen atoms in total. The van der Waals surface area contributed by atoms with Crippen LogP contribution in [-0.4, -0.2) is 19.5 Å². The number of hydrogen-bond donors (Lipinski definition) is 2. The molecule has 1 unspecified atom stereocenters. The van der Waals surface area contributed by atoms with E-state index < -0.39 is 0 Å². The molecule has 0 aromatic heterocycles. The molecule has 1 atom stereocenters. The Kier molecular flexibility index (Phi) is 8.46. The zero-order chi connectivity index (χ0) is 11.8. The molecule has 0 saturated heterocycles. The van der Waals surface area contributed by atoms with Crippen LogP contribution in [0.5, 0.6) is 0 Å². The molecule has 0 aliphatic heterocycles. The van der Waals surface area contributed by atoms with Gasteiger partial charge in [0.2, 0.25) is 5.91 Å². The minimum absolute atomic E-state index is 0. The zero-order valence-electron chi connectivity index (χ0n) is 10.4. The van der Waals surface area contributed by atoms with E-state index in [1.165, 1.54) is 5.56 Å². The molecule has 0 aliphatic rings. The maximum Gasteiger partial charge on any atom is 0.234 e. The van der Waals surface area contributed by atoms with Crippen molar-refractivity contribution in [1.82, 2.24) is 10.6 Å². The van der Waals surface area contributed by atoms with Crippen molar-refractivity contribution >= 4 is 18.3 Å². The van der Waals surface area contributed by atoms with Gasteiger partial charge in [-0.25, -0.2) is 0 Å². The quantitative estimate of drug-likeness (QED) is 0.820. The van der Waals surface area contributed by atoms with Crippen LogP contribution >= 0.6 is 12.4 Å². The molecule has 96 valence electrons. The summed E-state index contributed by atoms with van der Waals surface area (Å²) in [5.41, 5.74) is 1.17. The third-order valence-electron chi connectivity index (χ3n) is 2.45. The molecule has 0 fully saturated rings. The number of halogens is 1. The van der Waals surface area contributed by atoms with Crippen molar-refractivity contribution in [2.75, 3.05) is 13.6 Å². The van der Waals surface area contributed by atoms with Crippen LogP contribution in [0.15, 0.2) is 30.3 Å². The summed E-state index contributed by atoms with van der Waals surface area (Å²) in [7, 11) is 1.77. The van der Waals surface area contributed by atoms with E-state index in [4.69, 9.17) is 0 Å². The summed E-state index contributed by atoms with van der Waals surface area (Å²) in [6.45, 7) is 2.49. The highest BCUT2D eigenvalue weighted by Gasteiger charge is 2.12. The minimum Gasteiger partial charge on any atom is -0.348 e. The Morgan fingerprint density at radius 3 is 2.47 bits per heavy atom. The number of carbonyl (C=O) groups excluding carboxylic acids is 1. The molecule has 0 heterocycles. The van der Waals surface area contributed by atoms with Crippen LogP contribution in [-0.2, 0) is 4.79 Å². The van der Waals surface area contributed by atoms with Crippen LogP contribution in [0, 0.1) is 0 Å². The summed E-state index contributed by atoms with van der Waals surface area (Å²) in [6, 6.07) is 10.2. The largest absolute Gasteiger partial charge is 0.348 e. The fraction of sp³-hybridized carbons (Fsp3) is 0.462. The molecule has 0 spiro atoms. The lowest BCUT2D eigenvalue weighted by Gasteiger charge is -2.18. The van der Waals surface area contributed by atoms with Crippen molar-refractivity contribution in [2.45, 2.75) is 25.8 Å². The van der Waals surface area contributed by atoms with E-state index in [2.05, 4.69) is 29.7 Å². The Balaban J connectivity index is 0.00000256. The average molecular weight is 257 g/mol. The van der Waals surface area contributed by atoms with Crippen LogP contribution in [0.1, 0.15) is 31.4 Å². The van der Waals surface area contributed by atoms with Crippen molar-refractivity contribution in [2.24, 2.45) is 0 Å². The van der Waals surface area contributed by atoms with Gasteiger partial charge < -0.3 is 10.6 Å². The highest BCUT2D eigenvalue weighted by atomic mass is 35.5. The van der Waals surface area contributed by atoms with Crippen molar-refractivity contribution in [1.29, 1.82) is 0 Å². The molecule has 0 radical (unpaired) electrons. The summed E-state index contributed by atoms with van der Waals surface area (Å²) in [5.74, 6) is 0.0461. The second-order valence-corrected chi connectivity index (χ2v) is 3.85. The first-order valence-electron chi connectivity index (χ1n) is 5.76. The Bertz CT molecular complexity index is 316. The summed E-state index contributed by atoms with van der Waals surface area (Å²) >= 11 is 0. The van der Waals surface area contributed by atoms with E-state index in [9.17, 15) is 4.79 Å². The first kappa shape index (κ1) is 15.9. The number of rotatable bonds is 6. The second kappa shape index (κ2) is 9.02. The van der Waals surface area contributed by atoms with E-state index >= 15 is 0 Å². The third-order valence-corrected chi connectivity index (χ3v) is 2.45. The van der Waals surface area contributed by atoms with Gasteiger partial charge in [-0.3, -0.25) is 4.79 Å². The Labute approximate surface area is 109 Å². The molecule has 0 bridgehead atoms. The third kappa shape index (κ3) is 5.71. The van der Waals surface area contributed by atoms with Gasteiger partial charge in [-0.2, -0.15) is 0 Å². The monoisotopic (exact) mass is 256 g/mol. The van der Waals surface area contributed by atoms with Gasteiger partial charge >= 0.3 is 0 Å². The summed E-state index contributed by atoms with van der Waals surface area (Å²) in [5, 5.41) is 5.89. The number of benzene rings is 1. The predicted molar refractivity (Wildman–Crippen MR) is 73.4 cm³/mol. The molecule has 1 aromatic rings. The Hall–Kier alpha value is -1.06. The predicted octanol–water partition coefficient (Wildman–Crippen LogP) is 2.29. The van der Waals surface area contributed by atoms with Gasteiger partial charge in [0, 0.05) is 0 Å². The fourth-order valence-electron chi connectivity index (χ4n) is 1.70. The maximum absolute atomic E-state index is 11.5. The van der Waals surface area contributed by atoms with Crippen molar-refractivity contribution < 1.29 is 4.79 Å². The van der Waals surface area contributed by atoms with Crippen LogP contribution in [0.2, 0.25) is 0 Å². The summed E-state index contributed by atoms with van der Waals surface area (Å²) in [6.07, 6.45) is 2.03. The number of hydrogen-bond acceptors (Lipinski definition) is 2. The van der Waals surface area contributed by atoms with Gasteiger partial charge in [-0.1, -0.05) is 43.7 Å². The van der Waals surface area contributed by atoms with E-state index in [-0.39, 0.29) is 24.4 Å². The van der Waals surface area contributed by atoms with Crippen molar-refractivity contribution in [3.05, 3.63) is 35.9 Å². The van der Waals surface area contributed by atoms with E-state index in [0.29, 0.717) is 6.54 Å². The molecule has 0 saturated carbocycles. The van der Waals surface area contributed by atoms with Crippen molar-refractivity contribution in [3.8, 4) is 0 Å². The van der Waals surface area contributed by atoms with Gasteiger partial charge in [0.15, 0.2) is 0 Å².